The van der Waals surface area contributed by atoms with E-state index < -0.39 is 6.43 Å². The monoisotopic (exact) mass is 300 g/mol. The molecule has 1 saturated carbocycles. The summed E-state index contributed by atoms with van der Waals surface area (Å²) in [7, 11) is 0. The molecule has 0 saturated heterocycles. The summed E-state index contributed by atoms with van der Waals surface area (Å²) >= 11 is 0. The Bertz CT molecular complexity index is 597. The Balaban J connectivity index is 0.000000172. The van der Waals surface area contributed by atoms with Crippen molar-refractivity contribution in [2.24, 2.45) is 5.92 Å². The zero-order valence-corrected chi connectivity index (χ0v) is 13.1. The number of aryl methyl sites for hydroxylation is 2. The number of alkyl halides is 2. The van der Waals surface area contributed by atoms with Crippen molar-refractivity contribution in [1.82, 2.24) is 0 Å². The van der Waals surface area contributed by atoms with Gasteiger partial charge < -0.3 is 0 Å². The second-order valence-corrected chi connectivity index (χ2v) is 5.87. The lowest BCUT2D eigenvalue weighted by atomic mass is 10.1. The summed E-state index contributed by atoms with van der Waals surface area (Å²) in [5.74, 6) is -0.275. The third-order valence-corrected chi connectivity index (χ3v) is 3.98. The van der Waals surface area contributed by atoms with E-state index in [2.05, 4.69) is 37.8 Å². The van der Waals surface area contributed by atoms with Gasteiger partial charge in [-0.05, 0) is 37.3 Å². The van der Waals surface area contributed by atoms with Crippen LogP contribution in [0.15, 0.2) is 55.1 Å². The van der Waals surface area contributed by atoms with E-state index in [4.69, 9.17) is 0 Å². The van der Waals surface area contributed by atoms with Crippen molar-refractivity contribution in [1.29, 1.82) is 0 Å². The smallest absolute Gasteiger partial charge is 0.210 e. The molecule has 2 aromatic rings. The molecule has 1 aliphatic carbocycles. The second-order valence-electron chi connectivity index (χ2n) is 5.87. The fourth-order valence-corrected chi connectivity index (χ4v) is 2.39. The molecule has 0 radical (unpaired) electrons. The zero-order valence-electron chi connectivity index (χ0n) is 13.1. The van der Waals surface area contributed by atoms with Crippen molar-refractivity contribution in [3.05, 3.63) is 77.4 Å². The number of hydrogen-bond donors (Lipinski definition) is 0. The fourth-order valence-electron chi connectivity index (χ4n) is 2.39. The van der Waals surface area contributed by atoms with Gasteiger partial charge in [-0.25, -0.2) is 8.78 Å². The molecule has 2 unspecified atom stereocenters. The van der Waals surface area contributed by atoms with E-state index in [1.807, 2.05) is 37.3 Å². The molecule has 22 heavy (non-hydrogen) atoms. The Morgan fingerprint density at radius 3 is 1.86 bits per heavy atom. The van der Waals surface area contributed by atoms with Gasteiger partial charge in [-0.2, -0.15) is 0 Å². The Morgan fingerprint density at radius 1 is 0.955 bits per heavy atom. The largest absolute Gasteiger partial charge is 0.242 e. The van der Waals surface area contributed by atoms with Crippen LogP contribution in [0.2, 0.25) is 0 Å². The predicted molar refractivity (Wildman–Crippen MR) is 89.3 cm³/mol. The Labute approximate surface area is 131 Å². The molecule has 116 valence electrons. The summed E-state index contributed by atoms with van der Waals surface area (Å²) in [4.78, 5) is 0. The van der Waals surface area contributed by atoms with Gasteiger partial charge in [0.1, 0.15) is 0 Å². The number of hydrogen-bond acceptors (Lipinski definition) is 0. The van der Waals surface area contributed by atoms with Crippen LogP contribution in [-0.4, -0.2) is 6.43 Å². The van der Waals surface area contributed by atoms with E-state index in [0.29, 0.717) is 6.42 Å². The van der Waals surface area contributed by atoms with E-state index in [1.165, 1.54) is 16.7 Å². The third-order valence-electron chi connectivity index (χ3n) is 3.98. The Morgan fingerprint density at radius 2 is 1.45 bits per heavy atom. The molecule has 0 aromatic heterocycles. The summed E-state index contributed by atoms with van der Waals surface area (Å²) in [6.45, 7) is 7.74. The lowest BCUT2D eigenvalue weighted by molar-refractivity contribution is 0.120. The molecule has 2 heteroatoms. The van der Waals surface area contributed by atoms with Crippen LogP contribution < -0.4 is 0 Å². The molecule has 2 aromatic carbocycles. The highest BCUT2D eigenvalue weighted by atomic mass is 19.3. The fraction of sp³-hybridized carbons (Fsp3) is 0.300. The molecule has 0 N–H and O–H groups in total. The van der Waals surface area contributed by atoms with Gasteiger partial charge in [-0.1, -0.05) is 72.3 Å². The summed E-state index contributed by atoms with van der Waals surface area (Å²) < 4.78 is 24.5. The highest BCUT2D eigenvalue weighted by Crippen LogP contribution is 2.50. The van der Waals surface area contributed by atoms with Crippen molar-refractivity contribution < 1.29 is 8.78 Å². The summed E-state index contributed by atoms with van der Waals surface area (Å²) in [5, 5.41) is 0. The van der Waals surface area contributed by atoms with Gasteiger partial charge in [-0.3, -0.25) is 0 Å². The lowest BCUT2D eigenvalue weighted by Crippen LogP contribution is -1.94. The van der Waals surface area contributed by atoms with Gasteiger partial charge >= 0.3 is 0 Å². The molecule has 0 amide bonds. The van der Waals surface area contributed by atoms with Crippen molar-refractivity contribution in [2.45, 2.75) is 32.6 Å². The van der Waals surface area contributed by atoms with Crippen LogP contribution in [0.3, 0.4) is 0 Å². The maximum Gasteiger partial charge on any atom is 0.242 e. The maximum absolute atomic E-state index is 12.2. The Kier molecular flexibility index (Phi) is 5.48. The predicted octanol–water partition coefficient (Wildman–Crippen LogP) is 6.00. The van der Waals surface area contributed by atoms with E-state index in [9.17, 15) is 8.78 Å². The summed E-state index contributed by atoms with van der Waals surface area (Å²) in [5.41, 5.74) is 4.72. The van der Waals surface area contributed by atoms with E-state index in [-0.39, 0.29) is 11.8 Å². The summed E-state index contributed by atoms with van der Waals surface area (Å²) in [6.07, 6.45) is 0.353. The zero-order chi connectivity index (χ0) is 16.1. The minimum atomic E-state index is -2.15. The Hall–Kier alpha value is -1.96. The SMILES string of the molecule is C=Cc1ccc(C)cc1.Cc1ccc(C2CC2C(F)F)cc1. The topological polar surface area (TPSA) is 0 Å². The van der Waals surface area contributed by atoms with Crippen molar-refractivity contribution in [3.63, 3.8) is 0 Å². The average Bonchev–Trinajstić information content (AvgIpc) is 3.30. The van der Waals surface area contributed by atoms with E-state index >= 15 is 0 Å². The van der Waals surface area contributed by atoms with Gasteiger partial charge in [0.15, 0.2) is 0 Å². The first-order chi connectivity index (χ1) is 10.5. The highest BCUT2D eigenvalue weighted by molar-refractivity contribution is 5.46. The van der Waals surface area contributed by atoms with E-state index in [1.54, 1.807) is 0 Å². The molecule has 2 atom stereocenters. The average molecular weight is 300 g/mol. The van der Waals surface area contributed by atoms with Gasteiger partial charge in [0.05, 0.1) is 0 Å². The van der Waals surface area contributed by atoms with Gasteiger partial charge in [-0.15, -0.1) is 0 Å². The molecule has 0 spiro atoms. The third kappa shape index (κ3) is 4.52. The van der Waals surface area contributed by atoms with Crippen LogP contribution in [-0.2, 0) is 0 Å². The second kappa shape index (κ2) is 7.35. The first-order valence-electron chi connectivity index (χ1n) is 7.55. The van der Waals surface area contributed by atoms with Crippen LogP contribution in [0.4, 0.5) is 8.78 Å². The molecule has 0 heterocycles. The van der Waals surface area contributed by atoms with Crippen LogP contribution >= 0.6 is 0 Å². The maximum atomic E-state index is 12.2. The van der Waals surface area contributed by atoms with Gasteiger partial charge in [0.25, 0.3) is 0 Å². The molecule has 0 aliphatic heterocycles. The number of benzene rings is 2. The highest BCUT2D eigenvalue weighted by Gasteiger charge is 2.44. The molecule has 0 nitrogen and oxygen atoms in total. The van der Waals surface area contributed by atoms with Crippen molar-refractivity contribution >= 4 is 6.08 Å². The van der Waals surface area contributed by atoms with Crippen LogP contribution in [0, 0.1) is 19.8 Å². The van der Waals surface area contributed by atoms with Crippen molar-refractivity contribution in [3.8, 4) is 0 Å². The normalized spacial score (nSPS) is 19.3. The minimum absolute atomic E-state index is 0.112. The van der Waals surface area contributed by atoms with Gasteiger partial charge in [0.2, 0.25) is 6.43 Å². The van der Waals surface area contributed by atoms with Crippen LogP contribution in [0.5, 0.6) is 0 Å². The molecule has 3 rings (SSSR count). The number of halogens is 2. The first-order valence-corrected chi connectivity index (χ1v) is 7.55. The number of rotatable bonds is 3. The first kappa shape index (κ1) is 16.4. The molecule has 1 fully saturated rings. The minimum Gasteiger partial charge on any atom is -0.210 e. The molecule has 1 aliphatic rings. The van der Waals surface area contributed by atoms with E-state index in [0.717, 1.165) is 5.56 Å². The van der Waals surface area contributed by atoms with Crippen LogP contribution in [0.1, 0.15) is 34.6 Å². The molecule has 0 bridgehead atoms. The van der Waals surface area contributed by atoms with Crippen LogP contribution in [0.25, 0.3) is 6.08 Å². The lowest BCUT2D eigenvalue weighted by Gasteiger charge is -2.00. The quantitative estimate of drug-likeness (QED) is 0.652. The molecular formula is C20H22F2. The summed E-state index contributed by atoms with van der Waals surface area (Å²) in [6, 6.07) is 16.2. The van der Waals surface area contributed by atoms with Gasteiger partial charge in [0, 0.05) is 5.92 Å². The molecular weight excluding hydrogens is 278 g/mol. The van der Waals surface area contributed by atoms with Crippen molar-refractivity contribution in [2.75, 3.05) is 0 Å². The standard InChI is InChI=1S/C11H12F2.C9H10/c1-7-2-4-8(5-3-7)9-6-10(9)11(12)13;1-3-9-6-4-8(2)5-7-9/h2-5,9-11H,6H2,1H3;3-7H,1H2,2H3.